The van der Waals surface area contributed by atoms with Gasteiger partial charge in [-0.25, -0.2) is 0 Å². The molecule has 0 saturated carbocycles. The molecule has 0 atom stereocenters. The zero-order chi connectivity index (χ0) is 22.5. The summed E-state index contributed by atoms with van der Waals surface area (Å²) in [6.45, 7) is 3.92. The van der Waals surface area contributed by atoms with Crippen molar-refractivity contribution in [3.63, 3.8) is 0 Å². The minimum Gasteiger partial charge on any atom is -0.422 e. The van der Waals surface area contributed by atoms with Gasteiger partial charge in [-0.05, 0) is 12.8 Å². The third kappa shape index (κ3) is 7.75. The highest BCUT2D eigenvalue weighted by Crippen LogP contribution is 2.30. The van der Waals surface area contributed by atoms with Crippen molar-refractivity contribution in [2.45, 2.75) is 104 Å². The maximum atomic E-state index is 13.0. The van der Waals surface area contributed by atoms with Gasteiger partial charge in [-0.15, -0.1) is 0 Å². The first kappa shape index (κ1) is 25.0. The fraction of sp³-hybridized carbons (Fsp3) is 0.593. The molecule has 0 aromatic heterocycles. The third-order valence-electron chi connectivity index (χ3n) is 5.96. The second-order valence-electron chi connectivity index (χ2n) is 8.48. The summed E-state index contributed by atoms with van der Waals surface area (Å²) in [5.41, 5.74) is 1.10. The monoisotopic (exact) mass is 426 g/mol. The van der Waals surface area contributed by atoms with Gasteiger partial charge in [0, 0.05) is 23.1 Å². The van der Waals surface area contributed by atoms with E-state index in [2.05, 4.69) is 6.92 Å². The van der Waals surface area contributed by atoms with Crippen LogP contribution in [0, 0.1) is 0 Å². The molecule has 1 aliphatic rings. The van der Waals surface area contributed by atoms with Crippen LogP contribution < -0.4 is 0 Å². The average molecular weight is 427 g/mol. The zero-order valence-corrected chi connectivity index (χ0v) is 19.3. The number of carbonyl (C=O) groups is 3. The number of fused-ring (bicyclic) bond motifs is 1. The number of hydrogen-bond donors (Lipinski definition) is 0. The molecule has 2 rings (SSSR count). The number of carbonyl (C=O) groups excluding carboxylic acids is 3. The van der Waals surface area contributed by atoms with E-state index in [4.69, 9.17) is 4.74 Å². The van der Waals surface area contributed by atoms with E-state index in [-0.39, 0.29) is 23.7 Å². The summed E-state index contributed by atoms with van der Waals surface area (Å²) < 4.78 is 5.32. The van der Waals surface area contributed by atoms with Crippen molar-refractivity contribution < 1.29 is 19.1 Å². The van der Waals surface area contributed by atoms with Crippen molar-refractivity contribution in [3.8, 4) is 0 Å². The molecule has 0 amide bonds. The Hall–Kier alpha value is -2.23. The number of rotatable bonds is 15. The number of allylic oxidation sites excluding steroid dienone is 2. The van der Waals surface area contributed by atoms with Crippen molar-refractivity contribution in [1.82, 2.24) is 0 Å². The van der Waals surface area contributed by atoms with Crippen molar-refractivity contribution in [2.75, 3.05) is 0 Å². The Morgan fingerprint density at radius 3 is 1.71 bits per heavy atom. The number of ether oxygens (including phenoxy) is 1. The SMILES string of the molecule is CCCCCCCCCCCCCCC1=C(OC(=O)CC)C(=O)c2ccccc2C1=O. The van der Waals surface area contributed by atoms with Gasteiger partial charge in [0.05, 0.1) is 0 Å². The second kappa shape index (κ2) is 14.0. The molecular formula is C27H38O4. The molecule has 1 aromatic rings. The normalized spacial score (nSPS) is 13.5. The summed E-state index contributed by atoms with van der Waals surface area (Å²) >= 11 is 0. The summed E-state index contributed by atoms with van der Waals surface area (Å²) in [7, 11) is 0. The minimum atomic E-state index is -0.484. The van der Waals surface area contributed by atoms with E-state index in [1.807, 2.05) is 0 Å². The van der Waals surface area contributed by atoms with E-state index in [0.717, 1.165) is 19.3 Å². The first-order chi connectivity index (χ1) is 15.1. The fourth-order valence-electron chi connectivity index (χ4n) is 4.07. The molecule has 0 fully saturated rings. The van der Waals surface area contributed by atoms with E-state index >= 15 is 0 Å². The van der Waals surface area contributed by atoms with Crippen LogP contribution in [0.1, 0.15) is 124 Å². The van der Waals surface area contributed by atoms with Gasteiger partial charge in [0.2, 0.25) is 5.78 Å². The lowest BCUT2D eigenvalue weighted by molar-refractivity contribution is -0.138. The Labute approximate surface area is 187 Å². The minimum absolute atomic E-state index is 0.0568. The van der Waals surface area contributed by atoms with E-state index in [1.165, 1.54) is 57.8 Å². The van der Waals surface area contributed by atoms with Crippen LogP contribution in [0.4, 0.5) is 0 Å². The van der Waals surface area contributed by atoms with E-state index in [9.17, 15) is 14.4 Å². The van der Waals surface area contributed by atoms with Crippen LogP contribution in [0.15, 0.2) is 35.6 Å². The highest BCUT2D eigenvalue weighted by molar-refractivity contribution is 6.26. The maximum Gasteiger partial charge on any atom is 0.311 e. The average Bonchev–Trinajstić information content (AvgIpc) is 2.79. The van der Waals surface area contributed by atoms with Crippen molar-refractivity contribution in [3.05, 3.63) is 46.7 Å². The first-order valence-corrected chi connectivity index (χ1v) is 12.2. The van der Waals surface area contributed by atoms with Gasteiger partial charge < -0.3 is 4.74 Å². The van der Waals surface area contributed by atoms with Gasteiger partial charge in [-0.2, -0.15) is 0 Å². The molecule has 0 spiro atoms. The molecule has 0 bridgehead atoms. The Kier molecular flexibility index (Phi) is 11.3. The molecule has 1 aliphatic carbocycles. The Morgan fingerprint density at radius 1 is 0.710 bits per heavy atom. The van der Waals surface area contributed by atoms with Gasteiger partial charge in [-0.3, -0.25) is 14.4 Å². The van der Waals surface area contributed by atoms with Gasteiger partial charge in [0.25, 0.3) is 0 Å². The van der Waals surface area contributed by atoms with Gasteiger partial charge >= 0.3 is 5.97 Å². The van der Waals surface area contributed by atoms with Crippen LogP contribution in [0.2, 0.25) is 0 Å². The molecule has 1 aromatic carbocycles. The summed E-state index contributed by atoms with van der Waals surface area (Å²) in [5, 5.41) is 0. The van der Waals surface area contributed by atoms with Crippen LogP contribution in [0.5, 0.6) is 0 Å². The summed E-state index contributed by atoms with van der Waals surface area (Å²) in [6, 6.07) is 6.78. The van der Waals surface area contributed by atoms with Crippen LogP contribution in [0.3, 0.4) is 0 Å². The molecule has 4 nitrogen and oxygen atoms in total. The van der Waals surface area contributed by atoms with Crippen LogP contribution in [-0.4, -0.2) is 17.5 Å². The van der Waals surface area contributed by atoms with Crippen molar-refractivity contribution in [2.24, 2.45) is 0 Å². The van der Waals surface area contributed by atoms with E-state index in [1.54, 1.807) is 31.2 Å². The summed E-state index contributed by atoms with van der Waals surface area (Å²) in [5.74, 6) is -1.08. The number of benzene rings is 1. The van der Waals surface area contributed by atoms with Crippen molar-refractivity contribution >= 4 is 17.5 Å². The van der Waals surface area contributed by atoms with Gasteiger partial charge in [0.1, 0.15) is 0 Å². The van der Waals surface area contributed by atoms with Crippen LogP contribution >= 0.6 is 0 Å². The zero-order valence-electron chi connectivity index (χ0n) is 19.3. The smallest absolute Gasteiger partial charge is 0.311 e. The van der Waals surface area contributed by atoms with Crippen molar-refractivity contribution in [1.29, 1.82) is 0 Å². The predicted octanol–water partition coefficient (Wildman–Crippen LogP) is 7.36. The number of hydrogen-bond acceptors (Lipinski definition) is 4. The lowest BCUT2D eigenvalue weighted by atomic mass is 9.86. The molecule has 31 heavy (non-hydrogen) atoms. The Morgan fingerprint density at radius 2 is 1.19 bits per heavy atom. The molecule has 0 radical (unpaired) electrons. The summed E-state index contributed by atoms with van der Waals surface area (Å²) in [6.07, 6.45) is 15.5. The molecule has 0 aliphatic heterocycles. The van der Waals surface area contributed by atoms with Crippen LogP contribution in [0.25, 0.3) is 0 Å². The predicted molar refractivity (Wildman–Crippen MR) is 124 cm³/mol. The van der Waals surface area contributed by atoms with E-state index in [0.29, 0.717) is 23.1 Å². The first-order valence-electron chi connectivity index (χ1n) is 12.2. The second-order valence-corrected chi connectivity index (χ2v) is 8.48. The lowest BCUT2D eigenvalue weighted by Crippen LogP contribution is -2.25. The van der Waals surface area contributed by atoms with Gasteiger partial charge in [0.15, 0.2) is 11.5 Å². The molecular weight excluding hydrogens is 388 g/mol. The highest BCUT2D eigenvalue weighted by Gasteiger charge is 2.33. The highest BCUT2D eigenvalue weighted by atomic mass is 16.5. The largest absolute Gasteiger partial charge is 0.422 e. The lowest BCUT2D eigenvalue weighted by Gasteiger charge is -2.20. The molecule has 4 heteroatoms. The van der Waals surface area contributed by atoms with Gasteiger partial charge in [-0.1, -0.05) is 109 Å². The topological polar surface area (TPSA) is 60.4 Å². The number of Topliss-reactive ketones (excluding diaryl/α,β-unsaturated/α-hetero) is 2. The van der Waals surface area contributed by atoms with Crippen LogP contribution in [-0.2, 0) is 9.53 Å². The molecule has 0 saturated heterocycles. The number of esters is 1. The quantitative estimate of drug-likeness (QED) is 0.217. The standard InChI is InChI=1S/C27H38O4/c1-3-5-6-7-8-9-10-11-12-13-14-15-20-23-25(29)21-18-16-17-19-22(21)26(30)27(23)31-24(28)4-2/h16-19H,3-15,20H2,1-2H3. The van der Waals surface area contributed by atoms with E-state index < -0.39 is 5.97 Å². The maximum absolute atomic E-state index is 13.0. The Balaban J connectivity index is 1.80. The molecule has 0 N–H and O–H groups in total. The number of unbranched alkanes of at least 4 members (excludes halogenated alkanes) is 11. The fourth-order valence-corrected chi connectivity index (χ4v) is 4.07. The Bertz CT molecular complexity index is 775. The number of ketones is 2. The molecule has 0 heterocycles. The summed E-state index contributed by atoms with van der Waals surface area (Å²) in [4.78, 5) is 37.7. The molecule has 170 valence electrons. The third-order valence-corrected chi connectivity index (χ3v) is 5.96. The molecule has 0 unspecified atom stereocenters.